The van der Waals surface area contributed by atoms with Crippen molar-refractivity contribution in [2.24, 2.45) is 0 Å². The first-order valence-electron chi connectivity index (χ1n) is 12.5. The molecule has 6 rings (SSSR count). The number of benzene rings is 1. The zero-order valence-corrected chi connectivity index (χ0v) is 20.1. The molecule has 0 amide bonds. The molecule has 3 N–H and O–H groups in total. The Labute approximate surface area is 204 Å². The number of piperidine rings is 1. The molecule has 188 valence electrons. The lowest BCUT2D eigenvalue weighted by atomic mass is 9.50. The molecular formula is C26H32N2O7. The van der Waals surface area contributed by atoms with Gasteiger partial charge in [0.1, 0.15) is 17.6 Å². The Kier molecular flexibility index (Phi) is 5.27. The third-order valence-electron chi connectivity index (χ3n) is 8.81. The number of aliphatic hydroxyl groups excluding tert-OH is 1. The SMILES string of the molecule is C[C@H](OC(=O)[C@@H]1CCCN1)C(=O)OC1=CC[C@@]2(O)[C@H]3Cc4ccc(CO)c5c4C2(CCN3C)C1O5. The maximum atomic E-state index is 13.0. The standard InChI is InChI=1S/C26H32N2O7/c1-14(33-24(31)17-4-3-10-27-17)23(30)34-18-7-8-26(32)19-12-15-5-6-16(13-29)21-20(15)25(26,22(18)35-21)9-11-28(19)2/h5-7,14,17,19,22,27,29,32H,3-4,8-13H2,1-2H3/t14-,17-,19+,22?,25?,26+/m0/s1. The molecule has 35 heavy (non-hydrogen) atoms. The first kappa shape index (κ1) is 23.0. The molecule has 6 atom stereocenters. The van der Waals surface area contributed by atoms with E-state index >= 15 is 0 Å². The van der Waals surface area contributed by atoms with E-state index in [1.165, 1.54) is 6.92 Å². The first-order chi connectivity index (χ1) is 16.8. The number of nitrogens with one attached hydrogen (secondary N) is 1. The number of carbonyl (C=O) groups excluding carboxylic acids is 2. The van der Waals surface area contributed by atoms with E-state index in [9.17, 15) is 19.8 Å². The topological polar surface area (TPSA) is 118 Å². The van der Waals surface area contributed by atoms with Crippen molar-refractivity contribution in [3.8, 4) is 5.75 Å². The largest absolute Gasteiger partial charge is 0.481 e. The van der Waals surface area contributed by atoms with Crippen LogP contribution < -0.4 is 10.1 Å². The number of carbonyl (C=O) groups is 2. The normalized spacial score (nSPS) is 35.5. The van der Waals surface area contributed by atoms with E-state index < -0.39 is 41.2 Å². The van der Waals surface area contributed by atoms with E-state index in [0.29, 0.717) is 42.8 Å². The molecule has 2 aliphatic carbocycles. The first-order valence-corrected chi connectivity index (χ1v) is 12.5. The summed E-state index contributed by atoms with van der Waals surface area (Å²) in [5, 5.41) is 25.3. The molecule has 3 heterocycles. The van der Waals surface area contributed by atoms with Crippen molar-refractivity contribution in [2.75, 3.05) is 20.1 Å². The van der Waals surface area contributed by atoms with Crippen LogP contribution in [0.2, 0.25) is 0 Å². The summed E-state index contributed by atoms with van der Waals surface area (Å²) in [7, 11) is 2.03. The average Bonchev–Trinajstić information content (AvgIpc) is 3.49. The number of nitrogens with zero attached hydrogens (tertiary/aromatic N) is 1. The van der Waals surface area contributed by atoms with Crippen molar-refractivity contribution in [2.45, 2.75) is 80.9 Å². The molecule has 9 nitrogen and oxygen atoms in total. The van der Waals surface area contributed by atoms with Gasteiger partial charge in [-0.2, -0.15) is 0 Å². The predicted octanol–water partition coefficient (Wildman–Crippen LogP) is 0.684. The number of aliphatic hydroxyl groups is 2. The summed E-state index contributed by atoms with van der Waals surface area (Å²) in [6, 6.07) is 3.39. The van der Waals surface area contributed by atoms with Gasteiger partial charge in [0.2, 0.25) is 0 Å². The highest BCUT2D eigenvalue weighted by molar-refractivity contribution is 5.82. The lowest BCUT2D eigenvalue weighted by Gasteiger charge is -2.61. The number of likely N-dealkylation sites (N-methyl/N-ethyl adjacent to an activating group) is 1. The van der Waals surface area contributed by atoms with Crippen molar-refractivity contribution in [3.05, 3.63) is 40.7 Å². The number of likely N-dealkylation sites (tertiary alicyclic amines) is 1. The zero-order chi connectivity index (χ0) is 24.5. The Morgan fingerprint density at radius 1 is 1.37 bits per heavy atom. The third kappa shape index (κ3) is 3.08. The fourth-order valence-corrected chi connectivity index (χ4v) is 7.02. The lowest BCUT2D eigenvalue weighted by molar-refractivity contribution is -0.175. The molecule has 0 saturated carbocycles. The number of rotatable bonds is 5. The molecule has 2 saturated heterocycles. The van der Waals surface area contributed by atoms with Gasteiger partial charge in [0.05, 0.1) is 17.6 Å². The molecular weight excluding hydrogens is 452 g/mol. The summed E-state index contributed by atoms with van der Waals surface area (Å²) >= 11 is 0. The summed E-state index contributed by atoms with van der Waals surface area (Å²) in [5.74, 6) is -0.207. The van der Waals surface area contributed by atoms with Gasteiger partial charge in [0.15, 0.2) is 12.2 Å². The molecule has 2 unspecified atom stereocenters. The van der Waals surface area contributed by atoms with Gasteiger partial charge in [-0.25, -0.2) is 4.79 Å². The molecule has 9 heteroatoms. The van der Waals surface area contributed by atoms with Gasteiger partial charge in [-0.3, -0.25) is 4.79 Å². The molecule has 2 bridgehead atoms. The van der Waals surface area contributed by atoms with Crippen LogP contribution in [0.15, 0.2) is 24.0 Å². The maximum absolute atomic E-state index is 13.0. The Hall–Kier alpha value is -2.46. The smallest absolute Gasteiger partial charge is 0.352 e. The van der Waals surface area contributed by atoms with Crippen molar-refractivity contribution < 1.29 is 34.0 Å². The Bertz CT molecular complexity index is 1110. The van der Waals surface area contributed by atoms with Gasteiger partial charge >= 0.3 is 11.9 Å². The maximum Gasteiger partial charge on any atom is 0.352 e. The van der Waals surface area contributed by atoms with Gasteiger partial charge < -0.3 is 34.6 Å². The molecule has 1 aromatic carbocycles. The predicted molar refractivity (Wildman–Crippen MR) is 124 cm³/mol. The van der Waals surface area contributed by atoms with Crippen LogP contribution in [0.25, 0.3) is 0 Å². The number of esters is 2. The van der Waals surface area contributed by atoms with Gasteiger partial charge in [-0.05, 0) is 64.4 Å². The highest BCUT2D eigenvalue weighted by atomic mass is 16.6. The van der Waals surface area contributed by atoms with E-state index in [2.05, 4.69) is 10.2 Å². The highest BCUT2D eigenvalue weighted by Crippen LogP contribution is 2.64. The quantitative estimate of drug-likeness (QED) is 0.519. The van der Waals surface area contributed by atoms with Crippen molar-refractivity contribution in [3.63, 3.8) is 0 Å². The van der Waals surface area contributed by atoms with Crippen LogP contribution >= 0.6 is 0 Å². The van der Waals surface area contributed by atoms with Crippen LogP contribution in [0.5, 0.6) is 5.75 Å². The van der Waals surface area contributed by atoms with E-state index in [-0.39, 0.29) is 12.6 Å². The second kappa shape index (κ2) is 8.03. The fourth-order valence-electron chi connectivity index (χ4n) is 7.02. The van der Waals surface area contributed by atoms with Crippen molar-refractivity contribution in [1.29, 1.82) is 0 Å². The highest BCUT2D eigenvalue weighted by Gasteiger charge is 2.71. The Morgan fingerprint density at radius 2 is 2.20 bits per heavy atom. The van der Waals surface area contributed by atoms with Crippen molar-refractivity contribution >= 4 is 11.9 Å². The van der Waals surface area contributed by atoms with Crippen LogP contribution in [0, 0.1) is 0 Å². The summed E-state index contributed by atoms with van der Waals surface area (Å²) in [4.78, 5) is 27.5. The number of ether oxygens (including phenoxy) is 3. The van der Waals surface area contributed by atoms with Gasteiger partial charge in [-0.15, -0.1) is 0 Å². The molecule has 5 aliphatic rings. The summed E-state index contributed by atoms with van der Waals surface area (Å²) < 4.78 is 17.7. The van der Waals surface area contributed by atoms with E-state index in [1.807, 2.05) is 19.2 Å². The molecule has 0 aromatic heterocycles. The van der Waals surface area contributed by atoms with Crippen molar-refractivity contribution in [1.82, 2.24) is 10.2 Å². The molecule has 3 aliphatic heterocycles. The molecule has 1 spiro atoms. The van der Waals surface area contributed by atoms with Crippen LogP contribution in [-0.4, -0.2) is 77.1 Å². The van der Waals surface area contributed by atoms with Crippen LogP contribution in [0.3, 0.4) is 0 Å². The van der Waals surface area contributed by atoms with E-state index in [4.69, 9.17) is 14.2 Å². The Balaban J connectivity index is 1.32. The third-order valence-corrected chi connectivity index (χ3v) is 8.81. The fraction of sp³-hybridized carbons (Fsp3) is 0.615. The average molecular weight is 485 g/mol. The summed E-state index contributed by atoms with van der Waals surface area (Å²) in [6.45, 7) is 2.84. The summed E-state index contributed by atoms with van der Waals surface area (Å²) in [6.07, 6.45) is 3.17. The summed E-state index contributed by atoms with van der Waals surface area (Å²) in [5.41, 5.74) is 0.814. The van der Waals surface area contributed by atoms with Gasteiger partial charge in [-0.1, -0.05) is 12.1 Å². The van der Waals surface area contributed by atoms with Crippen LogP contribution in [-0.2, 0) is 37.5 Å². The minimum Gasteiger partial charge on any atom is -0.481 e. The Morgan fingerprint density at radius 3 is 2.94 bits per heavy atom. The monoisotopic (exact) mass is 484 g/mol. The van der Waals surface area contributed by atoms with Gasteiger partial charge in [0.25, 0.3) is 0 Å². The molecule has 0 radical (unpaired) electrons. The molecule has 2 fully saturated rings. The zero-order valence-electron chi connectivity index (χ0n) is 20.1. The van der Waals surface area contributed by atoms with Crippen LogP contribution in [0.1, 0.15) is 49.3 Å². The number of hydrogen-bond donors (Lipinski definition) is 3. The minimum absolute atomic E-state index is 0.104. The van der Waals surface area contributed by atoms with Crippen LogP contribution in [0.4, 0.5) is 0 Å². The van der Waals surface area contributed by atoms with E-state index in [0.717, 1.165) is 30.6 Å². The molecule has 1 aromatic rings. The van der Waals surface area contributed by atoms with Gasteiger partial charge in [0, 0.05) is 23.6 Å². The lowest BCUT2D eigenvalue weighted by Crippen LogP contribution is -2.74. The number of hydrogen-bond acceptors (Lipinski definition) is 9. The second-order valence-electron chi connectivity index (χ2n) is 10.5. The second-order valence-corrected chi connectivity index (χ2v) is 10.5. The van der Waals surface area contributed by atoms with E-state index in [1.54, 1.807) is 6.08 Å². The minimum atomic E-state index is -1.10.